The van der Waals surface area contributed by atoms with Crippen LogP contribution in [0.2, 0.25) is 0 Å². The van der Waals surface area contributed by atoms with E-state index in [-0.39, 0.29) is 11.9 Å². The lowest BCUT2D eigenvalue weighted by molar-refractivity contribution is -0.121. The molecule has 1 heterocycles. The molecule has 2 aromatic carbocycles. The van der Waals surface area contributed by atoms with E-state index in [9.17, 15) is 4.79 Å². The molecular weight excluding hydrogens is 422 g/mol. The Morgan fingerprint density at radius 1 is 0.906 bits per heavy atom. The first-order chi connectivity index (χ1) is 15.5. The number of amides is 1. The van der Waals surface area contributed by atoms with Crippen LogP contribution in [0, 0.1) is 0 Å². The summed E-state index contributed by atoms with van der Waals surface area (Å²) in [7, 11) is 4.75. The van der Waals surface area contributed by atoms with E-state index in [0.717, 1.165) is 16.0 Å². The summed E-state index contributed by atoms with van der Waals surface area (Å²) in [6.07, 6.45) is 0.858. The molecule has 0 radical (unpaired) electrons. The van der Waals surface area contributed by atoms with E-state index in [1.54, 1.807) is 32.7 Å². The van der Waals surface area contributed by atoms with Crippen molar-refractivity contribution in [1.29, 1.82) is 0 Å². The van der Waals surface area contributed by atoms with Crippen molar-refractivity contribution in [3.05, 3.63) is 75.5 Å². The third kappa shape index (κ3) is 5.43. The van der Waals surface area contributed by atoms with Crippen molar-refractivity contribution in [1.82, 2.24) is 5.32 Å². The van der Waals surface area contributed by atoms with Gasteiger partial charge in [0.1, 0.15) is 0 Å². The second-order valence-corrected chi connectivity index (χ2v) is 8.81. The zero-order valence-electron chi connectivity index (χ0n) is 19.3. The van der Waals surface area contributed by atoms with Crippen molar-refractivity contribution in [3.63, 3.8) is 0 Å². The van der Waals surface area contributed by atoms with Crippen LogP contribution in [0.1, 0.15) is 53.8 Å². The van der Waals surface area contributed by atoms with E-state index in [1.807, 2.05) is 23.6 Å². The van der Waals surface area contributed by atoms with E-state index in [2.05, 4.69) is 49.5 Å². The van der Waals surface area contributed by atoms with Crippen molar-refractivity contribution >= 4 is 17.2 Å². The van der Waals surface area contributed by atoms with Crippen LogP contribution in [-0.4, -0.2) is 27.2 Å². The molecule has 1 amide bonds. The molecule has 170 valence electrons. The predicted octanol–water partition coefficient (Wildman–Crippen LogP) is 5.74. The molecule has 1 atom stereocenters. The zero-order chi connectivity index (χ0) is 23.1. The lowest BCUT2D eigenvalue weighted by atomic mass is 9.98. The van der Waals surface area contributed by atoms with Crippen LogP contribution in [0.25, 0.3) is 0 Å². The first-order valence-corrected chi connectivity index (χ1v) is 11.6. The lowest BCUT2D eigenvalue weighted by Gasteiger charge is -2.20. The molecule has 0 spiro atoms. The van der Waals surface area contributed by atoms with Crippen LogP contribution in [0.5, 0.6) is 17.2 Å². The Hall–Kier alpha value is -2.99. The smallest absolute Gasteiger partial charge is 0.221 e. The number of nitrogens with one attached hydrogen (secondary N) is 1. The maximum atomic E-state index is 12.9. The van der Waals surface area contributed by atoms with E-state index < -0.39 is 0 Å². The molecule has 0 aliphatic rings. The average molecular weight is 454 g/mol. The van der Waals surface area contributed by atoms with Crippen LogP contribution >= 0.6 is 11.3 Å². The molecule has 1 unspecified atom stereocenters. The molecule has 0 saturated heterocycles. The van der Waals surface area contributed by atoms with Crippen LogP contribution in [0.3, 0.4) is 0 Å². The van der Waals surface area contributed by atoms with Crippen molar-refractivity contribution in [3.8, 4) is 17.2 Å². The van der Waals surface area contributed by atoms with Gasteiger partial charge in [0, 0.05) is 11.3 Å². The van der Waals surface area contributed by atoms with Crippen molar-refractivity contribution < 1.29 is 19.0 Å². The second-order valence-electron chi connectivity index (χ2n) is 7.83. The van der Waals surface area contributed by atoms with Crippen LogP contribution < -0.4 is 19.5 Å². The quantitative estimate of drug-likeness (QED) is 0.426. The molecule has 0 aliphatic heterocycles. The van der Waals surface area contributed by atoms with Gasteiger partial charge in [-0.3, -0.25) is 4.79 Å². The monoisotopic (exact) mass is 453 g/mol. The van der Waals surface area contributed by atoms with Gasteiger partial charge in [0.05, 0.1) is 27.4 Å². The molecule has 0 aliphatic carbocycles. The molecule has 0 saturated carbocycles. The summed E-state index contributed by atoms with van der Waals surface area (Å²) in [5.74, 6) is 2.18. The Labute approximate surface area is 194 Å². The van der Waals surface area contributed by atoms with Gasteiger partial charge in [-0.15, -0.1) is 11.3 Å². The number of methoxy groups -OCH3 is 3. The Balaban J connectivity index is 1.75. The Bertz CT molecular complexity index is 1010. The molecule has 1 aromatic heterocycles. The van der Waals surface area contributed by atoms with Gasteiger partial charge in [-0.2, -0.15) is 0 Å². The van der Waals surface area contributed by atoms with Crippen LogP contribution in [0.4, 0.5) is 0 Å². The normalized spacial score (nSPS) is 11.8. The zero-order valence-corrected chi connectivity index (χ0v) is 20.1. The van der Waals surface area contributed by atoms with Crippen molar-refractivity contribution in [2.75, 3.05) is 21.3 Å². The molecule has 32 heavy (non-hydrogen) atoms. The predicted molar refractivity (Wildman–Crippen MR) is 129 cm³/mol. The highest BCUT2D eigenvalue weighted by Gasteiger charge is 2.20. The average Bonchev–Trinajstić information content (AvgIpc) is 3.35. The molecule has 6 heteroatoms. The van der Waals surface area contributed by atoms with Crippen LogP contribution in [0.15, 0.2) is 53.9 Å². The maximum absolute atomic E-state index is 12.9. The SMILES string of the molecule is COc1ccc(CCC(=O)NC(c2ccc(C(C)C)cc2)c2cccs2)c(OC)c1OC. The number of carbonyl (C=O) groups excluding carboxylic acids is 1. The number of benzene rings is 2. The van der Waals surface area contributed by atoms with Gasteiger partial charge in [0.15, 0.2) is 11.5 Å². The number of ether oxygens (including phenoxy) is 3. The van der Waals surface area contributed by atoms with E-state index >= 15 is 0 Å². The molecule has 3 aromatic rings. The van der Waals surface area contributed by atoms with Crippen molar-refractivity contribution in [2.45, 2.75) is 38.6 Å². The Morgan fingerprint density at radius 3 is 2.16 bits per heavy atom. The highest BCUT2D eigenvalue weighted by Crippen LogP contribution is 2.40. The molecule has 0 fully saturated rings. The summed E-state index contributed by atoms with van der Waals surface area (Å²) in [5, 5.41) is 5.25. The highest BCUT2D eigenvalue weighted by molar-refractivity contribution is 7.10. The second kappa shape index (κ2) is 11.0. The molecule has 1 N–H and O–H groups in total. The summed E-state index contributed by atoms with van der Waals surface area (Å²) in [6, 6.07) is 16.1. The number of carbonyl (C=O) groups is 1. The van der Waals surface area contributed by atoms with E-state index in [0.29, 0.717) is 36.0 Å². The van der Waals surface area contributed by atoms with Gasteiger partial charge in [-0.1, -0.05) is 50.2 Å². The fourth-order valence-electron chi connectivity index (χ4n) is 3.69. The standard InChI is InChI=1S/C26H31NO4S/c1-17(2)18-8-10-19(11-9-18)24(22-7-6-16-32-22)27-23(28)15-13-20-12-14-21(29-3)26(31-5)25(20)30-4/h6-12,14,16-17,24H,13,15H2,1-5H3,(H,27,28). The molecular formula is C26H31NO4S. The van der Waals surface area contributed by atoms with Crippen LogP contribution in [-0.2, 0) is 11.2 Å². The number of thiophene rings is 1. The van der Waals surface area contributed by atoms with E-state index in [1.165, 1.54) is 5.56 Å². The van der Waals surface area contributed by atoms with Crippen molar-refractivity contribution in [2.24, 2.45) is 0 Å². The summed E-state index contributed by atoms with van der Waals surface area (Å²) in [6.45, 7) is 4.35. The first kappa shape index (κ1) is 23.7. The molecule has 0 bridgehead atoms. The maximum Gasteiger partial charge on any atom is 0.221 e. The summed E-state index contributed by atoms with van der Waals surface area (Å²) < 4.78 is 16.3. The lowest BCUT2D eigenvalue weighted by Crippen LogP contribution is -2.29. The largest absolute Gasteiger partial charge is 0.493 e. The number of hydrogen-bond acceptors (Lipinski definition) is 5. The molecule has 3 rings (SSSR count). The highest BCUT2D eigenvalue weighted by atomic mass is 32.1. The summed E-state index contributed by atoms with van der Waals surface area (Å²) in [4.78, 5) is 14.1. The first-order valence-electron chi connectivity index (χ1n) is 10.7. The number of aryl methyl sites for hydroxylation is 1. The third-order valence-electron chi connectivity index (χ3n) is 5.48. The fourth-order valence-corrected chi connectivity index (χ4v) is 4.49. The fraction of sp³-hybridized carbons (Fsp3) is 0.346. The number of hydrogen-bond donors (Lipinski definition) is 1. The summed E-state index contributed by atoms with van der Waals surface area (Å²) in [5.41, 5.74) is 3.26. The minimum Gasteiger partial charge on any atom is -0.493 e. The van der Waals surface area contributed by atoms with Gasteiger partial charge >= 0.3 is 0 Å². The van der Waals surface area contributed by atoms with Gasteiger partial charge in [-0.05, 0) is 46.5 Å². The van der Waals surface area contributed by atoms with Gasteiger partial charge in [0.25, 0.3) is 0 Å². The minimum atomic E-state index is -0.170. The van der Waals surface area contributed by atoms with Gasteiger partial charge in [0.2, 0.25) is 11.7 Å². The number of rotatable bonds is 10. The minimum absolute atomic E-state index is 0.0202. The Morgan fingerprint density at radius 2 is 1.59 bits per heavy atom. The third-order valence-corrected chi connectivity index (χ3v) is 6.41. The Kier molecular flexibility index (Phi) is 8.17. The van der Waals surface area contributed by atoms with Gasteiger partial charge < -0.3 is 19.5 Å². The molecule has 5 nitrogen and oxygen atoms in total. The van der Waals surface area contributed by atoms with Gasteiger partial charge in [-0.25, -0.2) is 0 Å². The summed E-state index contributed by atoms with van der Waals surface area (Å²) >= 11 is 1.64. The van der Waals surface area contributed by atoms with E-state index in [4.69, 9.17) is 14.2 Å². The topological polar surface area (TPSA) is 56.8 Å².